The fraction of sp³-hybridized carbons (Fsp3) is 0.800. The van der Waals surface area contributed by atoms with Gasteiger partial charge in [0, 0.05) is 6.20 Å². The number of hydrogen-bond donors (Lipinski definition) is 0. The number of carbonyl (C=O) groups is 1. The molecule has 110 valence electrons. The first kappa shape index (κ1) is 13.6. The topological polar surface area (TPSA) is 57.0 Å². The molecule has 5 heteroatoms. The Kier molecular flexibility index (Phi) is 3.30. The van der Waals surface area contributed by atoms with Gasteiger partial charge in [0.1, 0.15) is 6.10 Å². The average molecular weight is 277 g/mol. The fourth-order valence-corrected chi connectivity index (χ4v) is 4.04. The van der Waals surface area contributed by atoms with Gasteiger partial charge in [0.15, 0.2) is 0 Å². The third kappa shape index (κ3) is 2.23. The summed E-state index contributed by atoms with van der Waals surface area (Å²) in [6.07, 6.45) is 6.18. The highest BCUT2D eigenvalue weighted by Crippen LogP contribution is 2.61. The van der Waals surface area contributed by atoms with Crippen LogP contribution in [0.5, 0.6) is 0 Å². The van der Waals surface area contributed by atoms with Crippen molar-refractivity contribution < 1.29 is 9.53 Å². The number of carbonyl (C=O) groups excluding carboxylic acids is 1. The Hall–Kier alpha value is -1.39. The maximum Gasteiger partial charge on any atom is 0.307 e. The van der Waals surface area contributed by atoms with Crippen LogP contribution in [0.25, 0.3) is 0 Å². The predicted molar refractivity (Wildman–Crippen MR) is 73.7 cm³/mol. The second kappa shape index (κ2) is 4.86. The SMILES string of the molecule is CC1C(OC(=O)CCn2ccnn2)CC2CC1C2(C)C. The van der Waals surface area contributed by atoms with Crippen molar-refractivity contribution in [3.8, 4) is 0 Å². The summed E-state index contributed by atoms with van der Waals surface area (Å²) in [6.45, 7) is 7.48. The quantitative estimate of drug-likeness (QED) is 0.792. The molecule has 3 fully saturated rings. The Morgan fingerprint density at radius 1 is 1.45 bits per heavy atom. The van der Waals surface area contributed by atoms with Crippen molar-refractivity contribution in [2.45, 2.75) is 52.7 Å². The van der Waals surface area contributed by atoms with Crippen LogP contribution in [0.2, 0.25) is 0 Å². The molecule has 0 radical (unpaired) electrons. The van der Waals surface area contributed by atoms with E-state index >= 15 is 0 Å². The van der Waals surface area contributed by atoms with Gasteiger partial charge in [0.25, 0.3) is 0 Å². The molecule has 4 unspecified atom stereocenters. The van der Waals surface area contributed by atoms with Crippen molar-refractivity contribution >= 4 is 5.97 Å². The van der Waals surface area contributed by atoms with Gasteiger partial charge in [-0.05, 0) is 36.0 Å². The largest absolute Gasteiger partial charge is 0.462 e. The number of hydrogen-bond acceptors (Lipinski definition) is 4. The second-order valence-electron chi connectivity index (χ2n) is 6.90. The van der Waals surface area contributed by atoms with E-state index in [0.29, 0.717) is 30.2 Å². The molecule has 0 saturated heterocycles. The summed E-state index contributed by atoms with van der Waals surface area (Å²) in [4.78, 5) is 12.0. The number of ether oxygens (including phenoxy) is 1. The van der Waals surface area contributed by atoms with E-state index in [1.165, 1.54) is 6.42 Å². The minimum Gasteiger partial charge on any atom is -0.462 e. The molecule has 4 rings (SSSR count). The summed E-state index contributed by atoms with van der Waals surface area (Å²) in [5.41, 5.74) is 0.434. The molecule has 0 spiro atoms. The monoisotopic (exact) mass is 277 g/mol. The molecule has 0 N–H and O–H groups in total. The standard InChI is InChI=1S/C15H23N3O2/c1-10-12-8-11(15(12,2)3)9-13(10)20-14(19)4-6-18-7-5-16-17-18/h5,7,10-13H,4,6,8-9H2,1-3H3. The summed E-state index contributed by atoms with van der Waals surface area (Å²) < 4.78 is 7.35. The molecular formula is C15H23N3O2. The van der Waals surface area contributed by atoms with Gasteiger partial charge in [-0.15, -0.1) is 5.10 Å². The molecule has 0 aliphatic heterocycles. The number of aryl methyl sites for hydroxylation is 1. The lowest BCUT2D eigenvalue weighted by Gasteiger charge is -2.61. The van der Waals surface area contributed by atoms with E-state index in [1.807, 2.05) is 0 Å². The van der Waals surface area contributed by atoms with Gasteiger partial charge in [-0.2, -0.15) is 0 Å². The Morgan fingerprint density at radius 2 is 2.25 bits per heavy atom. The zero-order valence-electron chi connectivity index (χ0n) is 12.5. The van der Waals surface area contributed by atoms with Crippen LogP contribution in [-0.4, -0.2) is 27.1 Å². The Morgan fingerprint density at radius 3 is 2.85 bits per heavy atom. The van der Waals surface area contributed by atoms with Crippen LogP contribution in [0.15, 0.2) is 12.4 Å². The van der Waals surface area contributed by atoms with Crippen molar-refractivity contribution in [3.05, 3.63) is 12.4 Å². The zero-order chi connectivity index (χ0) is 14.3. The van der Waals surface area contributed by atoms with Gasteiger partial charge in [-0.3, -0.25) is 9.48 Å². The highest BCUT2D eigenvalue weighted by Gasteiger charge is 2.57. The van der Waals surface area contributed by atoms with E-state index in [9.17, 15) is 4.79 Å². The van der Waals surface area contributed by atoms with Gasteiger partial charge in [-0.25, -0.2) is 0 Å². The minimum absolute atomic E-state index is 0.107. The number of esters is 1. The third-order valence-corrected chi connectivity index (χ3v) is 5.58. The molecule has 2 bridgehead atoms. The minimum atomic E-state index is -0.114. The molecule has 1 aromatic heterocycles. The van der Waals surface area contributed by atoms with Crippen LogP contribution >= 0.6 is 0 Å². The second-order valence-corrected chi connectivity index (χ2v) is 6.90. The first-order valence-electron chi connectivity index (χ1n) is 7.52. The normalized spacial score (nSPS) is 34.4. The lowest BCUT2D eigenvalue weighted by atomic mass is 9.45. The summed E-state index contributed by atoms with van der Waals surface area (Å²) in [5.74, 6) is 1.79. The first-order chi connectivity index (χ1) is 9.48. The molecule has 3 saturated carbocycles. The van der Waals surface area contributed by atoms with E-state index < -0.39 is 0 Å². The molecule has 20 heavy (non-hydrogen) atoms. The lowest BCUT2D eigenvalue weighted by molar-refractivity contribution is -0.186. The van der Waals surface area contributed by atoms with Crippen molar-refractivity contribution in [1.29, 1.82) is 0 Å². The number of fused-ring (bicyclic) bond motifs is 2. The van der Waals surface area contributed by atoms with Crippen LogP contribution in [0.4, 0.5) is 0 Å². The third-order valence-electron chi connectivity index (χ3n) is 5.58. The molecule has 3 aliphatic rings. The van der Waals surface area contributed by atoms with E-state index in [2.05, 4.69) is 31.1 Å². The number of rotatable bonds is 4. The van der Waals surface area contributed by atoms with Crippen molar-refractivity contribution in [2.24, 2.45) is 23.2 Å². The number of aromatic nitrogens is 3. The summed E-state index contributed by atoms with van der Waals surface area (Å²) >= 11 is 0. The maximum absolute atomic E-state index is 12.0. The molecule has 3 aliphatic carbocycles. The highest BCUT2D eigenvalue weighted by molar-refractivity contribution is 5.69. The van der Waals surface area contributed by atoms with Gasteiger partial charge in [0.05, 0.1) is 19.2 Å². The van der Waals surface area contributed by atoms with Crippen molar-refractivity contribution in [2.75, 3.05) is 0 Å². The summed E-state index contributed by atoms with van der Waals surface area (Å²) in [6, 6.07) is 0. The Balaban J connectivity index is 1.50. The molecule has 1 aromatic rings. The van der Waals surface area contributed by atoms with Crippen LogP contribution in [0.1, 0.15) is 40.0 Å². The first-order valence-corrected chi connectivity index (χ1v) is 7.52. The molecule has 1 heterocycles. The number of nitrogens with zero attached hydrogens (tertiary/aromatic N) is 3. The Bertz CT molecular complexity index is 483. The van der Waals surface area contributed by atoms with Gasteiger partial charge in [-0.1, -0.05) is 26.0 Å². The average Bonchev–Trinajstić information content (AvgIpc) is 2.91. The van der Waals surface area contributed by atoms with Gasteiger partial charge >= 0.3 is 5.97 Å². The lowest BCUT2D eigenvalue weighted by Crippen LogP contribution is -2.57. The van der Waals surface area contributed by atoms with E-state index in [0.717, 1.165) is 12.3 Å². The molecule has 0 aromatic carbocycles. The van der Waals surface area contributed by atoms with Gasteiger partial charge < -0.3 is 4.74 Å². The molecule has 5 nitrogen and oxygen atoms in total. The summed E-state index contributed by atoms with van der Waals surface area (Å²) in [5, 5.41) is 7.57. The van der Waals surface area contributed by atoms with Crippen LogP contribution in [0.3, 0.4) is 0 Å². The van der Waals surface area contributed by atoms with Gasteiger partial charge in [0.2, 0.25) is 0 Å². The van der Waals surface area contributed by atoms with Crippen LogP contribution in [-0.2, 0) is 16.1 Å². The molecule has 0 amide bonds. The smallest absolute Gasteiger partial charge is 0.307 e. The van der Waals surface area contributed by atoms with Crippen LogP contribution in [0, 0.1) is 23.2 Å². The predicted octanol–water partition coefficient (Wildman–Crippen LogP) is 2.28. The van der Waals surface area contributed by atoms with Crippen molar-refractivity contribution in [1.82, 2.24) is 15.0 Å². The summed E-state index contributed by atoms with van der Waals surface area (Å²) in [7, 11) is 0. The molecular weight excluding hydrogens is 254 g/mol. The van der Waals surface area contributed by atoms with E-state index in [4.69, 9.17) is 4.74 Å². The van der Waals surface area contributed by atoms with Crippen molar-refractivity contribution in [3.63, 3.8) is 0 Å². The maximum atomic E-state index is 12.0. The Labute approximate surface area is 119 Å². The van der Waals surface area contributed by atoms with E-state index in [1.54, 1.807) is 17.1 Å². The molecule has 4 atom stereocenters. The fourth-order valence-electron chi connectivity index (χ4n) is 4.04. The van der Waals surface area contributed by atoms with E-state index in [-0.39, 0.29) is 12.1 Å². The highest BCUT2D eigenvalue weighted by atomic mass is 16.5. The van der Waals surface area contributed by atoms with Crippen LogP contribution < -0.4 is 0 Å². The zero-order valence-corrected chi connectivity index (χ0v) is 12.5.